The molecule has 1 fully saturated rings. The van der Waals surface area contributed by atoms with Gasteiger partial charge in [-0.05, 0) is 31.4 Å². The van der Waals surface area contributed by atoms with E-state index in [2.05, 4.69) is 0 Å². The Morgan fingerprint density at radius 2 is 2.26 bits per heavy atom. The molecule has 0 unspecified atom stereocenters. The first kappa shape index (κ1) is 12.4. The van der Waals surface area contributed by atoms with E-state index in [9.17, 15) is 9.18 Å². The molecule has 1 aromatic rings. The number of carbonyl (C=O) groups excluding carboxylic acids is 1. The predicted molar refractivity (Wildman–Crippen MR) is 69.6 cm³/mol. The molecule has 1 aliphatic heterocycles. The van der Waals surface area contributed by atoms with Gasteiger partial charge in [-0.15, -0.1) is 0 Å². The Labute approximate surface area is 111 Å². The van der Waals surface area contributed by atoms with Crippen molar-refractivity contribution in [2.45, 2.75) is 25.3 Å². The highest BCUT2D eigenvalue weighted by atomic mass is 19.1. The highest BCUT2D eigenvalue weighted by Crippen LogP contribution is 2.35. The Kier molecular flexibility index (Phi) is 3.14. The maximum atomic E-state index is 13.2. The van der Waals surface area contributed by atoms with Crippen molar-refractivity contribution in [1.82, 2.24) is 0 Å². The number of hydrogen-bond donors (Lipinski definition) is 1. The number of rotatable bonds is 1. The molecule has 0 bridgehead atoms. The number of amides is 1. The van der Waals surface area contributed by atoms with Crippen molar-refractivity contribution in [3.05, 3.63) is 24.0 Å². The summed E-state index contributed by atoms with van der Waals surface area (Å²) in [5.74, 6) is 0.174. The number of ether oxygens (including phenoxy) is 1. The Morgan fingerprint density at radius 1 is 1.42 bits per heavy atom. The van der Waals surface area contributed by atoms with Crippen LogP contribution in [0.25, 0.3) is 0 Å². The van der Waals surface area contributed by atoms with Crippen molar-refractivity contribution in [1.29, 1.82) is 0 Å². The van der Waals surface area contributed by atoms with Crippen molar-refractivity contribution in [3.8, 4) is 5.75 Å². The first-order chi connectivity index (χ1) is 9.15. The summed E-state index contributed by atoms with van der Waals surface area (Å²) in [6.45, 7) is 0.921. The van der Waals surface area contributed by atoms with Crippen molar-refractivity contribution >= 4 is 11.6 Å². The molecule has 0 aromatic heterocycles. The van der Waals surface area contributed by atoms with Crippen molar-refractivity contribution in [2.75, 3.05) is 18.1 Å². The van der Waals surface area contributed by atoms with Crippen LogP contribution in [0.1, 0.15) is 19.3 Å². The summed E-state index contributed by atoms with van der Waals surface area (Å²) in [5, 5.41) is 0. The van der Waals surface area contributed by atoms with E-state index in [1.807, 2.05) is 0 Å². The van der Waals surface area contributed by atoms with Gasteiger partial charge in [0, 0.05) is 18.0 Å². The number of benzene rings is 1. The molecule has 1 amide bonds. The summed E-state index contributed by atoms with van der Waals surface area (Å²) in [6, 6.07) is 4.42. The minimum Gasteiger partial charge on any atom is -0.489 e. The summed E-state index contributed by atoms with van der Waals surface area (Å²) in [7, 11) is 0. The number of halogens is 1. The minimum atomic E-state index is -0.351. The monoisotopic (exact) mass is 264 g/mol. The smallest absolute Gasteiger partial charge is 0.230 e. The molecule has 0 spiro atoms. The van der Waals surface area contributed by atoms with Gasteiger partial charge in [0.25, 0.3) is 0 Å². The first-order valence-corrected chi connectivity index (χ1v) is 6.64. The molecule has 2 N–H and O–H groups in total. The summed E-state index contributed by atoms with van der Waals surface area (Å²) in [6.07, 6.45) is 2.48. The lowest BCUT2D eigenvalue weighted by molar-refractivity contribution is -0.122. The maximum Gasteiger partial charge on any atom is 0.230 e. The second kappa shape index (κ2) is 4.81. The molecule has 2 atom stereocenters. The first-order valence-electron chi connectivity index (χ1n) is 6.64. The maximum absolute atomic E-state index is 13.2. The van der Waals surface area contributed by atoms with Crippen LogP contribution in [-0.2, 0) is 4.79 Å². The lowest BCUT2D eigenvalue weighted by Crippen LogP contribution is -2.41. The van der Waals surface area contributed by atoms with Crippen LogP contribution in [0.5, 0.6) is 5.75 Å². The van der Waals surface area contributed by atoms with Gasteiger partial charge in [0.05, 0.1) is 12.2 Å². The van der Waals surface area contributed by atoms with E-state index in [1.165, 1.54) is 12.1 Å². The number of anilines is 1. The number of hydrogen-bond acceptors (Lipinski definition) is 3. The van der Waals surface area contributed by atoms with Crippen molar-refractivity contribution in [2.24, 2.45) is 11.7 Å². The van der Waals surface area contributed by atoms with Crippen LogP contribution in [0, 0.1) is 11.7 Å². The van der Waals surface area contributed by atoms with Crippen molar-refractivity contribution in [3.63, 3.8) is 0 Å². The van der Waals surface area contributed by atoms with Gasteiger partial charge >= 0.3 is 0 Å². The van der Waals surface area contributed by atoms with Gasteiger partial charge in [-0.25, -0.2) is 4.39 Å². The summed E-state index contributed by atoms with van der Waals surface area (Å²) < 4.78 is 18.6. The quantitative estimate of drug-likeness (QED) is 0.839. The highest BCUT2D eigenvalue weighted by Gasteiger charge is 2.33. The van der Waals surface area contributed by atoms with E-state index in [-0.39, 0.29) is 23.7 Å². The fourth-order valence-corrected chi connectivity index (χ4v) is 2.88. The lowest BCUT2D eigenvalue weighted by Gasteiger charge is -2.31. The van der Waals surface area contributed by atoms with Crippen LogP contribution in [-0.4, -0.2) is 25.1 Å². The molecule has 4 nitrogen and oxygen atoms in total. The van der Waals surface area contributed by atoms with E-state index in [0.29, 0.717) is 24.6 Å². The van der Waals surface area contributed by atoms with Crippen LogP contribution >= 0.6 is 0 Å². The van der Waals surface area contributed by atoms with Gasteiger partial charge in [-0.1, -0.05) is 0 Å². The summed E-state index contributed by atoms with van der Waals surface area (Å²) in [5.41, 5.74) is 6.53. The van der Waals surface area contributed by atoms with Crippen LogP contribution < -0.4 is 15.4 Å². The summed E-state index contributed by atoms with van der Waals surface area (Å²) in [4.78, 5) is 14.2. The molecule has 0 radical (unpaired) electrons. The Bertz CT molecular complexity index is 506. The average molecular weight is 264 g/mol. The molecule has 1 aromatic carbocycles. The standard InChI is InChI=1S/C14H17FN2O2/c15-10-2-4-12-13(8-10)19-6-5-17(12)14(18)9-1-3-11(16)7-9/h2,4,8-9,11H,1,3,5-7,16H2/t9-,11-/m1/s1. The Hall–Kier alpha value is -1.62. The molecule has 2 aliphatic rings. The number of carbonyl (C=O) groups is 1. The molecule has 19 heavy (non-hydrogen) atoms. The number of fused-ring (bicyclic) bond motifs is 1. The third-order valence-electron chi connectivity index (χ3n) is 3.87. The molecule has 3 rings (SSSR count). The third kappa shape index (κ3) is 2.30. The fourth-order valence-electron chi connectivity index (χ4n) is 2.88. The Morgan fingerprint density at radius 3 is 3.00 bits per heavy atom. The molecular formula is C14H17FN2O2. The fraction of sp³-hybridized carbons (Fsp3) is 0.500. The van der Waals surface area contributed by atoms with Crippen LogP contribution in [0.15, 0.2) is 18.2 Å². The van der Waals surface area contributed by atoms with Crippen LogP contribution in [0.3, 0.4) is 0 Å². The normalized spacial score (nSPS) is 25.9. The minimum absolute atomic E-state index is 0.00833. The average Bonchev–Trinajstić information content (AvgIpc) is 2.83. The molecule has 1 saturated carbocycles. The van der Waals surface area contributed by atoms with Gasteiger partial charge in [-0.3, -0.25) is 4.79 Å². The largest absolute Gasteiger partial charge is 0.489 e. The second-order valence-corrected chi connectivity index (χ2v) is 5.22. The molecule has 102 valence electrons. The van der Waals surface area contributed by atoms with Gasteiger partial charge in [0.15, 0.2) is 0 Å². The zero-order chi connectivity index (χ0) is 13.4. The van der Waals surface area contributed by atoms with E-state index < -0.39 is 0 Å². The zero-order valence-electron chi connectivity index (χ0n) is 10.6. The van der Waals surface area contributed by atoms with E-state index in [1.54, 1.807) is 11.0 Å². The molecule has 5 heteroatoms. The molecule has 1 aliphatic carbocycles. The van der Waals surface area contributed by atoms with Crippen LogP contribution in [0.4, 0.5) is 10.1 Å². The van der Waals surface area contributed by atoms with Gasteiger partial charge < -0.3 is 15.4 Å². The third-order valence-corrected chi connectivity index (χ3v) is 3.87. The highest BCUT2D eigenvalue weighted by molar-refractivity contribution is 5.97. The van der Waals surface area contributed by atoms with E-state index in [0.717, 1.165) is 19.3 Å². The van der Waals surface area contributed by atoms with Crippen LogP contribution in [0.2, 0.25) is 0 Å². The zero-order valence-corrected chi connectivity index (χ0v) is 10.6. The second-order valence-electron chi connectivity index (χ2n) is 5.22. The number of nitrogens with zero attached hydrogens (tertiary/aromatic N) is 1. The molecule has 1 heterocycles. The van der Waals surface area contributed by atoms with Gasteiger partial charge in [0.2, 0.25) is 5.91 Å². The topological polar surface area (TPSA) is 55.6 Å². The molecule has 0 saturated heterocycles. The number of nitrogens with two attached hydrogens (primary N) is 1. The SMILES string of the molecule is N[C@@H]1CC[C@@H](C(=O)N2CCOc3cc(F)ccc32)C1. The van der Waals surface area contributed by atoms with Gasteiger partial charge in [-0.2, -0.15) is 0 Å². The lowest BCUT2D eigenvalue weighted by atomic mass is 10.1. The Balaban J connectivity index is 1.85. The summed E-state index contributed by atoms with van der Waals surface area (Å²) >= 11 is 0. The van der Waals surface area contributed by atoms with Gasteiger partial charge in [0.1, 0.15) is 18.2 Å². The predicted octanol–water partition coefficient (Wildman–Crippen LogP) is 1.68. The van der Waals surface area contributed by atoms with E-state index >= 15 is 0 Å². The van der Waals surface area contributed by atoms with Crippen molar-refractivity contribution < 1.29 is 13.9 Å². The van der Waals surface area contributed by atoms with E-state index in [4.69, 9.17) is 10.5 Å². The molecular weight excluding hydrogens is 247 g/mol.